The molecule has 29 heavy (non-hydrogen) atoms. The number of thiazole rings is 1. The van der Waals surface area contributed by atoms with E-state index in [2.05, 4.69) is 30.9 Å². The van der Waals surface area contributed by atoms with Crippen molar-refractivity contribution in [3.8, 4) is 5.75 Å². The second kappa shape index (κ2) is 9.37. The van der Waals surface area contributed by atoms with Crippen molar-refractivity contribution in [2.24, 2.45) is 0 Å². The minimum absolute atomic E-state index is 0.00103. The summed E-state index contributed by atoms with van der Waals surface area (Å²) in [5.41, 5.74) is 4.49. The molecule has 6 heteroatoms. The number of carbonyl (C=O) groups is 1. The monoisotopic (exact) mass is 411 g/mol. The van der Waals surface area contributed by atoms with Gasteiger partial charge < -0.3 is 9.64 Å². The van der Waals surface area contributed by atoms with Crippen molar-refractivity contribution in [2.45, 2.75) is 27.2 Å². The van der Waals surface area contributed by atoms with Crippen LogP contribution >= 0.6 is 11.3 Å². The van der Waals surface area contributed by atoms with Gasteiger partial charge in [0.05, 0.1) is 10.2 Å². The first-order chi connectivity index (χ1) is 13.8. The van der Waals surface area contributed by atoms with E-state index < -0.39 is 0 Å². The summed E-state index contributed by atoms with van der Waals surface area (Å²) < 4.78 is 6.88. The van der Waals surface area contributed by atoms with E-state index in [1.54, 1.807) is 16.2 Å². The molecule has 2 aromatic carbocycles. The van der Waals surface area contributed by atoms with Crippen LogP contribution in [0.5, 0.6) is 5.75 Å². The van der Waals surface area contributed by atoms with Crippen LogP contribution in [0.25, 0.3) is 10.2 Å². The lowest BCUT2D eigenvalue weighted by Gasteiger charge is -2.21. The Morgan fingerprint density at radius 1 is 1.03 bits per heavy atom. The van der Waals surface area contributed by atoms with Crippen LogP contribution in [-0.4, -0.2) is 49.6 Å². The minimum atomic E-state index is -0.0715. The molecule has 0 N–H and O–H groups in total. The van der Waals surface area contributed by atoms with Crippen LogP contribution in [0.2, 0.25) is 0 Å². The van der Waals surface area contributed by atoms with Gasteiger partial charge in [0.1, 0.15) is 5.75 Å². The number of anilines is 1. The highest BCUT2D eigenvalue weighted by Crippen LogP contribution is 2.32. The molecule has 0 aliphatic rings. The zero-order valence-electron chi connectivity index (χ0n) is 17.9. The summed E-state index contributed by atoms with van der Waals surface area (Å²) >= 11 is 1.58. The largest absolute Gasteiger partial charge is 0.484 e. The molecule has 1 heterocycles. The zero-order valence-corrected chi connectivity index (χ0v) is 18.7. The van der Waals surface area contributed by atoms with Crippen molar-refractivity contribution >= 4 is 32.6 Å². The van der Waals surface area contributed by atoms with Gasteiger partial charge in [-0.05, 0) is 77.2 Å². The number of amides is 1. The van der Waals surface area contributed by atoms with Crippen LogP contribution in [-0.2, 0) is 4.79 Å². The van der Waals surface area contributed by atoms with Gasteiger partial charge in [-0.1, -0.05) is 35.1 Å². The second-order valence-electron chi connectivity index (χ2n) is 7.73. The van der Waals surface area contributed by atoms with E-state index in [9.17, 15) is 4.79 Å². The Bertz CT molecular complexity index is 980. The van der Waals surface area contributed by atoms with E-state index in [4.69, 9.17) is 9.72 Å². The summed E-state index contributed by atoms with van der Waals surface area (Å²) in [5, 5.41) is 0.741. The molecule has 1 aromatic heterocycles. The standard InChI is InChI=1S/C23H29N3O2S/c1-16-7-9-19(10-8-16)28-15-21(27)26(12-6-11-25(4)5)23-24-20-14-17(2)13-18(3)22(20)29-23/h7-10,13-14H,6,11-12,15H2,1-5H3. The van der Waals surface area contributed by atoms with Crippen LogP contribution in [0.1, 0.15) is 23.1 Å². The van der Waals surface area contributed by atoms with Gasteiger partial charge >= 0.3 is 0 Å². The Morgan fingerprint density at radius 2 is 1.76 bits per heavy atom. The molecular weight excluding hydrogens is 382 g/mol. The Morgan fingerprint density at radius 3 is 2.45 bits per heavy atom. The summed E-state index contributed by atoms with van der Waals surface area (Å²) in [7, 11) is 4.08. The number of rotatable bonds is 8. The second-order valence-corrected chi connectivity index (χ2v) is 8.71. The fourth-order valence-electron chi connectivity index (χ4n) is 3.21. The van der Waals surface area contributed by atoms with E-state index in [1.807, 2.05) is 45.3 Å². The first kappa shape index (κ1) is 21.3. The normalized spacial score (nSPS) is 11.2. The maximum Gasteiger partial charge on any atom is 0.266 e. The van der Waals surface area contributed by atoms with Crippen molar-refractivity contribution in [3.05, 3.63) is 53.1 Å². The lowest BCUT2D eigenvalue weighted by Crippen LogP contribution is -2.36. The van der Waals surface area contributed by atoms with E-state index in [0.717, 1.165) is 33.9 Å². The molecule has 0 spiro atoms. The van der Waals surface area contributed by atoms with Crippen molar-refractivity contribution in [1.82, 2.24) is 9.88 Å². The molecule has 1 amide bonds. The van der Waals surface area contributed by atoms with Crippen LogP contribution in [0, 0.1) is 20.8 Å². The highest BCUT2D eigenvalue weighted by atomic mass is 32.1. The number of benzene rings is 2. The summed E-state index contributed by atoms with van der Waals surface area (Å²) in [4.78, 5) is 21.7. The summed E-state index contributed by atoms with van der Waals surface area (Å²) in [5.74, 6) is 0.630. The zero-order chi connectivity index (χ0) is 21.0. The molecule has 0 atom stereocenters. The SMILES string of the molecule is Cc1ccc(OCC(=O)N(CCCN(C)C)c2nc3cc(C)cc(C)c3s2)cc1. The topological polar surface area (TPSA) is 45.7 Å². The maximum atomic E-state index is 13.0. The highest BCUT2D eigenvalue weighted by Gasteiger charge is 2.21. The lowest BCUT2D eigenvalue weighted by atomic mass is 10.1. The highest BCUT2D eigenvalue weighted by molar-refractivity contribution is 7.22. The van der Waals surface area contributed by atoms with E-state index in [1.165, 1.54) is 11.1 Å². The van der Waals surface area contributed by atoms with Crippen LogP contribution in [0.3, 0.4) is 0 Å². The van der Waals surface area contributed by atoms with E-state index in [-0.39, 0.29) is 12.5 Å². The molecule has 5 nitrogen and oxygen atoms in total. The van der Waals surface area contributed by atoms with E-state index in [0.29, 0.717) is 12.3 Å². The van der Waals surface area contributed by atoms with Gasteiger partial charge in [0, 0.05) is 6.54 Å². The number of fused-ring (bicyclic) bond motifs is 1. The van der Waals surface area contributed by atoms with Crippen molar-refractivity contribution in [2.75, 3.05) is 38.7 Å². The third-order valence-electron chi connectivity index (χ3n) is 4.71. The first-order valence-corrected chi connectivity index (χ1v) is 10.7. The third kappa shape index (κ3) is 5.55. The Labute approximate surface area is 176 Å². The molecule has 0 unspecified atom stereocenters. The van der Waals surface area contributed by atoms with Gasteiger partial charge in [-0.15, -0.1) is 0 Å². The predicted molar refractivity (Wildman–Crippen MR) is 121 cm³/mol. The number of hydrogen-bond acceptors (Lipinski definition) is 5. The number of carbonyl (C=O) groups excluding carboxylic acids is 1. The van der Waals surface area contributed by atoms with Crippen LogP contribution < -0.4 is 9.64 Å². The predicted octanol–water partition coefficient (Wildman–Crippen LogP) is 4.59. The van der Waals surface area contributed by atoms with Gasteiger partial charge in [0.15, 0.2) is 11.7 Å². The Balaban J connectivity index is 1.80. The fraction of sp³-hybridized carbons (Fsp3) is 0.391. The number of aromatic nitrogens is 1. The number of ether oxygens (including phenoxy) is 1. The van der Waals surface area contributed by atoms with Crippen molar-refractivity contribution in [1.29, 1.82) is 0 Å². The molecule has 0 aliphatic heterocycles. The summed E-state index contributed by atoms with van der Waals surface area (Å²) in [6.45, 7) is 7.71. The molecular formula is C23H29N3O2S. The molecule has 3 aromatic rings. The average Bonchev–Trinajstić information content (AvgIpc) is 3.08. The van der Waals surface area contributed by atoms with Gasteiger partial charge in [0.25, 0.3) is 5.91 Å². The molecule has 0 aliphatic carbocycles. The lowest BCUT2D eigenvalue weighted by molar-refractivity contribution is -0.120. The first-order valence-electron chi connectivity index (χ1n) is 9.86. The van der Waals surface area contributed by atoms with Crippen molar-refractivity contribution in [3.63, 3.8) is 0 Å². The molecule has 154 valence electrons. The Hall–Kier alpha value is -2.44. The maximum absolute atomic E-state index is 13.0. The number of aryl methyl sites for hydroxylation is 3. The van der Waals surface area contributed by atoms with Gasteiger partial charge in [-0.3, -0.25) is 9.69 Å². The smallest absolute Gasteiger partial charge is 0.266 e. The molecule has 0 fully saturated rings. The van der Waals surface area contributed by atoms with Gasteiger partial charge in [-0.25, -0.2) is 4.98 Å². The molecule has 0 radical (unpaired) electrons. The van der Waals surface area contributed by atoms with Crippen molar-refractivity contribution < 1.29 is 9.53 Å². The molecule has 0 saturated heterocycles. The summed E-state index contributed by atoms with van der Waals surface area (Å²) in [6, 6.07) is 12.0. The molecule has 3 rings (SSSR count). The van der Waals surface area contributed by atoms with E-state index >= 15 is 0 Å². The minimum Gasteiger partial charge on any atom is -0.484 e. The quantitative estimate of drug-likeness (QED) is 0.544. The van der Waals surface area contributed by atoms with Gasteiger partial charge in [-0.2, -0.15) is 0 Å². The number of nitrogens with zero attached hydrogens (tertiary/aromatic N) is 3. The summed E-state index contributed by atoms with van der Waals surface area (Å²) in [6.07, 6.45) is 0.872. The third-order valence-corrected chi connectivity index (χ3v) is 5.94. The average molecular weight is 412 g/mol. The van der Waals surface area contributed by atoms with Crippen LogP contribution in [0.15, 0.2) is 36.4 Å². The van der Waals surface area contributed by atoms with Crippen LogP contribution in [0.4, 0.5) is 5.13 Å². The Kier molecular flexibility index (Phi) is 6.87. The fourth-order valence-corrected chi connectivity index (χ4v) is 4.27. The number of hydrogen-bond donors (Lipinski definition) is 0. The molecule has 0 bridgehead atoms. The van der Waals surface area contributed by atoms with Gasteiger partial charge in [0.2, 0.25) is 0 Å². The molecule has 0 saturated carbocycles.